The molecule has 164 valence electrons. The number of nitrogens with zero attached hydrogens (tertiary/aromatic N) is 1. The summed E-state index contributed by atoms with van der Waals surface area (Å²) in [6.07, 6.45) is 1.74. The monoisotopic (exact) mass is 423 g/mol. The average molecular weight is 423 g/mol. The Balaban J connectivity index is 0.000000589. The molecular weight excluding hydrogens is 398 g/mol. The van der Waals surface area contributed by atoms with Gasteiger partial charge in [0.05, 0.1) is 30.9 Å². The Bertz CT molecular complexity index is 860. The lowest BCUT2D eigenvalue weighted by Crippen LogP contribution is -2.54. The SMILES string of the molecule is COC12C(CO)C3=C(C(=O)C(C)=C(OCC=CCO)C3=O)N1CC1NC12.NC(=O)O. The minimum absolute atomic E-state index is 0.00234. The number of carbonyl (C=O) groups excluding carboxylic acids is 2. The maximum Gasteiger partial charge on any atom is 0.402 e. The number of aliphatic hydroxyl groups is 2. The molecule has 0 spiro atoms. The fourth-order valence-electron chi connectivity index (χ4n) is 4.57. The van der Waals surface area contributed by atoms with Gasteiger partial charge in [-0.3, -0.25) is 9.59 Å². The van der Waals surface area contributed by atoms with E-state index < -0.39 is 17.7 Å². The zero-order valence-electron chi connectivity index (χ0n) is 16.6. The second-order valence-electron chi connectivity index (χ2n) is 7.23. The molecule has 3 heterocycles. The first-order valence-corrected chi connectivity index (χ1v) is 9.37. The number of fused-ring (bicyclic) bond motifs is 4. The number of rotatable bonds is 6. The van der Waals surface area contributed by atoms with E-state index in [2.05, 4.69) is 11.1 Å². The van der Waals surface area contributed by atoms with Crippen molar-refractivity contribution in [1.82, 2.24) is 10.2 Å². The number of nitrogens with one attached hydrogen (secondary N) is 1. The third kappa shape index (κ3) is 3.19. The van der Waals surface area contributed by atoms with Crippen LogP contribution in [-0.4, -0.2) is 89.2 Å². The van der Waals surface area contributed by atoms with Crippen LogP contribution in [0.3, 0.4) is 0 Å². The Labute approximate surface area is 172 Å². The first-order valence-electron chi connectivity index (χ1n) is 9.37. The molecule has 1 aliphatic carbocycles. The van der Waals surface area contributed by atoms with Gasteiger partial charge in [-0.25, -0.2) is 4.79 Å². The number of carbonyl (C=O) groups is 3. The summed E-state index contributed by atoms with van der Waals surface area (Å²) in [4.78, 5) is 36.8. The first kappa shape index (κ1) is 22.0. The number of hydrogen-bond acceptors (Lipinski definition) is 9. The molecule has 3 aliphatic heterocycles. The number of ether oxygens (including phenoxy) is 2. The molecule has 1 amide bonds. The maximum absolute atomic E-state index is 13.1. The molecule has 0 radical (unpaired) electrons. The minimum atomic E-state index is -1.33. The zero-order chi connectivity index (χ0) is 22.2. The summed E-state index contributed by atoms with van der Waals surface area (Å²) in [6, 6.07) is 0.180. The number of methoxy groups -OCH3 is 1. The highest BCUT2D eigenvalue weighted by molar-refractivity contribution is 6.25. The molecule has 2 saturated heterocycles. The lowest BCUT2D eigenvalue weighted by atomic mass is 9.83. The summed E-state index contributed by atoms with van der Waals surface area (Å²) in [7, 11) is 1.54. The van der Waals surface area contributed by atoms with E-state index in [-0.39, 0.29) is 60.4 Å². The van der Waals surface area contributed by atoms with Gasteiger partial charge in [-0.05, 0) is 13.0 Å². The highest BCUT2D eigenvalue weighted by atomic mass is 16.5. The van der Waals surface area contributed by atoms with Crippen molar-refractivity contribution in [3.8, 4) is 0 Å². The standard InChI is InChI=1S/C18H22N2O6.CH3NO2/c1-9-14(23)13-12(15(24)16(9)26-6-4-3-5-21)10(8-22)18(25-2)17-11(19-17)7-20(13)18;2-1(3)4/h3-4,10-11,17,19,21-22H,5-8H2,1-2H3;2H2,(H,3,4). The van der Waals surface area contributed by atoms with Crippen LogP contribution in [0.5, 0.6) is 0 Å². The van der Waals surface area contributed by atoms with E-state index in [1.54, 1.807) is 20.1 Å². The van der Waals surface area contributed by atoms with Gasteiger partial charge >= 0.3 is 6.09 Å². The second-order valence-corrected chi connectivity index (χ2v) is 7.23. The van der Waals surface area contributed by atoms with E-state index in [1.807, 2.05) is 4.90 Å². The lowest BCUT2D eigenvalue weighted by molar-refractivity contribution is -0.137. The Morgan fingerprint density at radius 1 is 1.33 bits per heavy atom. The predicted octanol–water partition coefficient (Wildman–Crippen LogP) is -1.52. The lowest BCUT2D eigenvalue weighted by Gasteiger charge is -2.39. The molecule has 6 N–H and O–H groups in total. The Kier molecular flexibility index (Phi) is 5.99. The molecule has 0 saturated carbocycles. The highest BCUT2D eigenvalue weighted by Gasteiger charge is 2.72. The molecule has 0 aromatic carbocycles. The van der Waals surface area contributed by atoms with Crippen molar-refractivity contribution in [2.45, 2.75) is 24.7 Å². The summed E-state index contributed by atoms with van der Waals surface area (Å²) in [5.74, 6) is -1.26. The fraction of sp³-hybridized carbons (Fsp3) is 0.526. The van der Waals surface area contributed by atoms with Gasteiger partial charge in [0.25, 0.3) is 0 Å². The van der Waals surface area contributed by atoms with E-state index in [0.29, 0.717) is 12.2 Å². The van der Waals surface area contributed by atoms with Gasteiger partial charge in [0, 0.05) is 30.8 Å². The minimum Gasteiger partial charge on any atom is -0.485 e. The number of piperazine rings is 1. The fourth-order valence-corrected chi connectivity index (χ4v) is 4.57. The van der Waals surface area contributed by atoms with E-state index in [4.69, 9.17) is 24.5 Å². The van der Waals surface area contributed by atoms with Gasteiger partial charge in [0.1, 0.15) is 6.61 Å². The third-order valence-corrected chi connectivity index (χ3v) is 5.76. The van der Waals surface area contributed by atoms with Crippen LogP contribution in [0, 0.1) is 5.92 Å². The summed E-state index contributed by atoms with van der Waals surface area (Å²) < 4.78 is 11.3. The smallest absolute Gasteiger partial charge is 0.402 e. The Morgan fingerprint density at radius 3 is 2.57 bits per heavy atom. The molecular formula is C19H25N3O8. The van der Waals surface area contributed by atoms with E-state index in [0.717, 1.165) is 0 Å². The number of allylic oxidation sites excluding steroid dienone is 2. The Morgan fingerprint density at radius 2 is 2.00 bits per heavy atom. The largest absolute Gasteiger partial charge is 0.485 e. The molecule has 30 heavy (non-hydrogen) atoms. The topological polar surface area (TPSA) is 182 Å². The summed E-state index contributed by atoms with van der Waals surface area (Å²) in [6.45, 7) is 1.78. The number of aliphatic hydroxyl groups excluding tert-OH is 2. The third-order valence-electron chi connectivity index (χ3n) is 5.76. The van der Waals surface area contributed by atoms with Crippen LogP contribution in [0.15, 0.2) is 34.8 Å². The van der Waals surface area contributed by atoms with Crippen molar-refractivity contribution >= 4 is 17.7 Å². The van der Waals surface area contributed by atoms with Crippen molar-refractivity contribution in [3.05, 3.63) is 34.8 Å². The number of ketones is 2. The van der Waals surface area contributed by atoms with Crippen molar-refractivity contribution in [3.63, 3.8) is 0 Å². The molecule has 0 bridgehead atoms. The number of carboxylic acid groups (broad SMARTS) is 1. The highest BCUT2D eigenvalue weighted by Crippen LogP contribution is 2.55. The van der Waals surface area contributed by atoms with Crippen LogP contribution < -0.4 is 11.1 Å². The number of nitrogens with two attached hydrogens (primary N) is 1. The van der Waals surface area contributed by atoms with Crippen LogP contribution in [-0.2, 0) is 19.1 Å². The number of amides is 1. The number of Topliss-reactive ketones (excluding diaryl/α,β-unsaturated/α-hetero) is 2. The molecule has 4 unspecified atom stereocenters. The van der Waals surface area contributed by atoms with Crippen LogP contribution >= 0.6 is 0 Å². The molecule has 0 aromatic rings. The molecule has 0 aromatic heterocycles. The molecule has 4 rings (SSSR count). The van der Waals surface area contributed by atoms with Crippen molar-refractivity contribution in [2.75, 3.05) is 33.5 Å². The molecule has 11 heteroatoms. The summed E-state index contributed by atoms with van der Waals surface area (Å²) in [5, 5.41) is 29.3. The van der Waals surface area contributed by atoms with E-state index >= 15 is 0 Å². The molecule has 4 atom stereocenters. The summed E-state index contributed by atoms with van der Waals surface area (Å²) in [5.41, 5.74) is 3.98. The first-order chi connectivity index (χ1) is 14.3. The number of primary amides is 1. The van der Waals surface area contributed by atoms with Gasteiger partial charge < -0.3 is 40.7 Å². The molecule has 2 fully saturated rings. The van der Waals surface area contributed by atoms with Crippen LogP contribution in [0.4, 0.5) is 4.79 Å². The van der Waals surface area contributed by atoms with Crippen LogP contribution in [0.1, 0.15) is 6.92 Å². The predicted molar refractivity (Wildman–Crippen MR) is 102 cm³/mol. The zero-order valence-corrected chi connectivity index (χ0v) is 16.6. The van der Waals surface area contributed by atoms with Crippen molar-refractivity contribution < 1.29 is 39.2 Å². The van der Waals surface area contributed by atoms with Gasteiger partial charge in [0.2, 0.25) is 11.6 Å². The summed E-state index contributed by atoms with van der Waals surface area (Å²) >= 11 is 0. The van der Waals surface area contributed by atoms with Gasteiger partial charge in [-0.15, -0.1) is 0 Å². The molecule has 11 nitrogen and oxygen atoms in total. The van der Waals surface area contributed by atoms with Gasteiger partial charge in [-0.1, -0.05) is 6.08 Å². The normalized spacial score (nSPS) is 31.5. The van der Waals surface area contributed by atoms with E-state index in [1.165, 1.54) is 6.08 Å². The maximum atomic E-state index is 13.1. The van der Waals surface area contributed by atoms with Gasteiger partial charge in [0.15, 0.2) is 11.5 Å². The average Bonchev–Trinajstić information content (AvgIpc) is 3.30. The van der Waals surface area contributed by atoms with Crippen molar-refractivity contribution in [1.29, 1.82) is 0 Å². The van der Waals surface area contributed by atoms with Crippen LogP contribution in [0.2, 0.25) is 0 Å². The van der Waals surface area contributed by atoms with Crippen LogP contribution in [0.25, 0.3) is 0 Å². The molecule has 4 aliphatic rings. The van der Waals surface area contributed by atoms with E-state index in [9.17, 15) is 14.7 Å². The number of hydrogen-bond donors (Lipinski definition) is 5. The van der Waals surface area contributed by atoms with Gasteiger partial charge in [-0.2, -0.15) is 0 Å². The Hall–Kier alpha value is -2.73. The van der Waals surface area contributed by atoms with Crippen molar-refractivity contribution in [2.24, 2.45) is 11.7 Å². The quantitative estimate of drug-likeness (QED) is 0.191. The second kappa shape index (κ2) is 8.19.